The third kappa shape index (κ3) is 5.55. The van der Waals surface area contributed by atoms with E-state index in [9.17, 15) is 4.79 Å². The van der Waals surface area contributed by atoms with E-state index in [1.165, 1.54) is 0 Å². The van der Waals surface area contributed by atoms with E-state index >= 15 is 0 Å². The van der Waals surface area contributed by atoms with Crippen molar-refractivity contribution in [1.82, 2.24) is 5.32 Å². The number of benzene rings is 2. The summed E-state index contributed by atoms with van der Waals surface area (Å²) in [7, 11) is 0. The van der Waals surface area contributed by atoms with Gasteiger partial charge in [0.05, 0.1) is 0 Å². The lowest BCUT2D eigenvalue weighted by atomic mass is 10.2. The molecule has 0 saturated carbocycles. The van der Waals surface area contributed by atoms with Crippen molar-refractivity contribution < 1.29 is 9.53 Å². The van der Waals surface area contributed by atoms with Gasteiger partial charge in [-0.05, 0) is 79.1 Å². The molecular weight excluding hydrogens is 380 g/mol. The van der Waals surface area contributed by atoms with Crippen LogP contribution >= 0.6 is 23.4 Å². The Morgan fingerprint density at radius 3 is 2.48 bits per heavy atom. The Morgan fingerprint density at radius 1 is 1.15 bits per heavy atom. The first-order valence-electron chi connectivity index (χ1n) is 8.75. The zero-order valence-corrected chi connectivity index (χ0v) is 16.5. The third-order valence-corrected chi connectivity index (χ3v) is 5.43. The highest BCUT2D eigenvalue weighted by atomic mass is 35.5. The van der Waals surface area contributed by atoms with Gasteiger partial charge >= 0.3 is 0 Å². The molecule has 2 aromatic carbocycles. The van der Waals surface area contributed by atoms with Crippen LogP contribution in [-0.4, -0.2) is 17.0 Å². The van der Waals surface area contributed by atoms with E-state index in [2.05, 4.69) is 17.6 Å². The van der Waals surface area contributed by atoms with Crippen LogP contribution in [0.15, 0.2) is 72.5 Å². The first kappa shape index (κ1) is 19.4. The SMILES string of the molecule is CCCSC1NC=CC=C1C(=O)Nc1ccc(Oc2ccc(Cl)cc2)cc1. The summed E-state index contributed by atoms with van der Waals surface area (Å²) in [5.74, 6) is 2.28. The molecule has 0 bridgehead atoms. The van der Waals surface area contributed by atoms with Crippen molar-refractivity contribution in [2.75, 3.05) is 11.1 Å². The van der Waals surface area contributed by atoms with Gasteiger partial charge in [-0.25, -0.2) is 0 Å². The molecule has 3 rings (SSSR count). The molecule has 0 aromatic heterocycles. The summed E-state index contributed by atoms with van der Waals surface area (Å²) in [4.78, 5) is 12.6. The maximum absolute atomic E-state index is 12.6. The van der Waals surface area contributed by atoms with Gasteiger partial charge in [0.1, 0.15) is 16.9 Å². The van der Waals surface area contributed by atoms with Crippen molar-refractivity contribution in [2.45, 2.75) is 18.7 Å². The zero-order chi connectivity index (χ0) is 19.1. The van der Waals surface area contributed by atoms with Crippen LogP contribution in [0.3, 0.4) is 0 Å². The van der Waals surface area contributed by atoms with Crippen LogP contribution in [0, 0.1) is 0 Å². The third-order valence-electron chi connectivity index (χ3n) is 3.81. The van der Waals surface area contributed by atoms with Crippen molar-refractivity contribution in [3.63, 3.8) is 0 Å². The van der Waals surface area contributed by atoms with E-state index in [0.29, 0.717) is 16.5 Å². The molecule has 1 amide bonds. The Kier molecular flexibility index (Phi) is 6.85. The molecular formula is C21H21ClN2O2S. The summed E-state index contributed by atoms with van der Waals surface area (Å²) in [5.41, 5.74) is 1.44. The maximum Gasteiger partial charge on any atom is 0.254 e. The second kappa shape index (κ2) is 9.53. The number of carbonyl (C=O) groups excluding carboxylic acids is 1. The Balaban J connectivity index is 1.61. The Hall–Kier alpha value is -2.37. The summed E-state index contributed by atoms with van der Waals surface area (Å²) < 4.78 is 5.77. The van der Waals surface area contributed by atoms with Crippen LogP contribution in [0.4, 0.5) is 5.69 Å². The van der Waals surface area contributed by atoms with Crippen molar-refractivity contribution in [3.8, 4) is 11.5 Å². The van der Waals surface area contributed by atoms with E-state index in [1.54, 1.807) is 23.9 Å². The molecule has 2 aromatic rings. The van der Waals surface area contributed by atoms with Crippen LogP contribution in [0.25, 0.3) is 0 Å². The van der Waals surface area contributed by atoms with Gasteiger partial charge in [0.25, 0.3) is 5.91 Å². The second-order valence-corrected chi connectivity index (χ2v) is 7.58. The van der Waals surface area contributed by atoms with E-state index in [4.69, 9.17) is 16.3 Å². The number of ether oxygens (including phenoxy) is 1. The normalized spacial score (nSPS) is 15.6. The van der Waals surface area contributed by atoms with E-state index in [-0.39, 0.29) is 11.3 Å². The van der Waals surface area contributed by atoms with Gasteiger partial charge in [0, 0.05) is 16.3 Å². The molecule has 1 aliphatic rings. The number of nitrogens with one attached hydrogen (secondary N) is 2. The summed E-state index contributed by atoms with van der Waals surface area (Å²) in [6.07, 6.45) is 6.64. The van der Waals surface area contributed by atoms with Gasteiger partial charge in [-0.3, -0.25) is 4.79 Å². The molecule has 1 atom stereocenters. The van der Waals surface area contributed by atoms with E-state index < -0.39 is 0 Å². The van der Waals surface area contributed by atoms with Crippen LogP contribution in [0.2, 0.25) is 5.02 Å². The van der Waals surface area contributed by atoms with Crippen LogP contribution in [0.5, 0.6) is 11.5 Å². The minimum absolute atomic E-state index is 0.0255. The molecule has 1 unspecified atom stereocenters. The quantitative estimate of drug-likeness (QED) is 0.636. The monoisotopic (exact) mass is 400 g/mol. The number of allylic oxidation sites excluding steroid dienone is 2. The number of thioether (sulfide) groups is 1. The molecule has 2 N–H and O–H groups in total. The lowest BCUT2D eigenvalue weighted by Gasteiger charge is -2.22. The van der Waals surface area contributed by atoms with Crippen molar-refractivity contribution in [3.05, 3.63) is 77.5 Å². The van der Waals surface area contributed by atoms with Crippen LogP contribution < -0.4 is 15.4 Å². The van der Waals surface area contributed by atoms with Crippen molar-refractivity contribution in [1.29, 1.82) is 0 Å². The minimum Gasteiger partial charge on any atom is -0.457 e. The lowest BCUT2D eigenvalue weighted by molar-refractivity contribution is -0.113. The zero-order valence-electron chi connectivity index (χ0n) is 14.9. The number of dihydropyridines is 1. The first-order valence-corrected chi connectivity index (χ1v) is 10.2. The summed E-state index contributed by atoms with van der Waals surface area (Å²) >= 11 is 7.60. The molecule has 1 heterocycles. The fourth-order valence-corrected chi connectivity index (χ4v) is 3.63. The molecule has 0 saturated heterocycles. The molecule has 0 aliphatic carbocycles. The largest absolute Gasteiger partial charge is 0.457 e. The average Bonchev–Trinajstić information content (AvgIpc) is 2.70. The van der Waals surface area contributed by atoms with Gasteiger partial charge in [0.15, 0.2) is 0 Å². The predicted molar refractivity (Wildman–Crippen MR) is 113 cm³/mol. The molecule has 0 fully saturated rings. The van der Waals surface area contributed by atoms with Crippen molar-refractivity contribution >= 4 is 35.0 Å². The van der Waals surface area contributed by atoms with Gasteiger partial charge in [-0.15, -0.1) is 11.8 Å². The number of rotatable bonds is 7. The summed E-state index contributed by atoms with van der Waals surface area (Å²) in [6, 6.07) is 14.5. The maximum atomic E-state index is 12.6. The number of amides is 1. The number of halogens is 1. The summed E-state index contributed by atoms with van der Waals surface area (Å²) in [6.45, 7) is 2.13. The highest BCUT2D eigenvalue weighted by molar-refractivity contribution is 8.00. The van der Waals surface area contributed by atoms with Crippen molar-refractivity contribution in [2.24, 2.45) is 0 Å². The van der Waals surface area contributed by atoms with Gasteiger partial charge in [-0.2, -0.15) is 0 Å². The highest BCUT2D eigenvalue weighted by Gasteiger charge is 2.21. The van der Waals surface area contributed by atoms with Crippen LogP contribution in [0.1, 0.15) is 13.3 Å². The number of hydrogen-bond donors (Lipinski definition) is 2. The smallest absolute Gasteiger partial charge is 0.254 e. The molecule has 1 aliphatic heterocycles. The molecule has 4 nitrogen and oxygen atoms in total. The van der Waals surface area contributed by atoms with Gasteiger partial charge in [-0.1, -0.05) is 18.5 Å². The van der Waals surface area contributed by atoms with E-state index in [1.807, 2.05) is 54.8 Å². The minimum atomic E-state index is -0.105. The Bertz CT molecular complexity index is 832. The van der Waals surface area contributed by atoms with Gasteiger partial charge < -0.3 is 15.4 Å². The fraction of sp³-hybridized carbons (Fsp3) is 0.190. The predicted octanol–water partition coefficient (Wildman–Crippen LogP) is 5.58. The molecule has 140 valence electrons. The van der Waals surface area contributed by atoms with Crippen LogP contribution in [-0.2, 0) is 4.79 Å². The van der Waals surface area contributed by atoms with E-state index in [0.717, 1.165) is 23.4 Å². The molecule has 0 spiro atoms. The average molecular weight is 401 g/mol. The molecule has 27 heavy (non-hydrogen) atoms. The fourth-order valence-electron chi connectivity index (χ4n) is 2.49. The topological polar surface area (TPSA) is 50.4 Å². The molecule has 0 radical (unpaired) electrons. The standard InChI is InChI=1S/C21H21ClN2O2S/c1-2-14-27-21-19(4-3-13-23-21)20(25)24-16-7-11-18(12-8-16)26-17-9-5-15(22)6-10-17/h3-13,21,23H,2,14H2,1H3,(H,24,25). The summed E-state index contributed by atoms with van der Waals surface area (Å²) in [5, 5.41) is 6.82. The Labute approximate surface area is 168 Å². The molecule has 6 heteroatoms. The second-order valence-electron chi connectivity index (χ2n) is 5.93. The lowest BCUT2D eigenvalue weighted by Crippen LogP contribution is -2.32. The number of anilines is 1. The Morgan fingerprint density at radius 2 is 1.81 bits per heavy atom. The first-order chi connectivity index (χ1) is 13.2. The number of hydrogen-bond acceptors (Lipinski definition) is 4. The number of carbonyl (C=O) groups is 1. The van der Waals surface area contributed by atoms with Gasteiger partial charge in [0.2, 0.25) is 0 Å². The highest BCUT2D eigenvalue weighted by Crippen LogP contribution is 2.26.